The third-order valence-electron chi connectivity index (χ3n) is 1.80. The van der Waals surface area contributed by atoms with Gasteiger partial charge in [0.15, 0.2) is 6.39 Å². The molecule has 1 aromatic heterocycles. The van der Waals surface area contributed by atoms with E-state index < -0.39 is 0 Å². The highest BCUT2D eigenvalue weighted by Gasteiger charge is 2.24. The van der Waals surface area contributed by atoms with Gasteiger partial charge in [0.2, 0.25) is 0 Å². The first kappa shape index (κ1) is 6.34. The number of rotatable bonds is 0. The van der Waals surface area contributed by atoms with Crippen molar-refractivity contribution in [3.63, 3.8) is 0 Å². The molecule has 2 rings (SSSR count). The van der Waals surface area contributed by atoms with Gasteiger partial charge in [-0.15, -0.1) is 0 Å². The molecule has 0 fully saturated rings. The summed E-state index contributed by atoms with van der Waals surface area (Å²) in [5.74, 6) is 0.885. The first-order valence-corrected chi connectivity index (χ1v) is 3.40. The molecule has 0 N–H and O–H groups in total. The Morgan fingerprint density at radius 1 is 1.73 bits per heavy atom. The van der Waals surface area contributed by atoms with Crippen LogP contribution in [0.2, 0.25) is 0 Å². The predicted molar refractivity (Wildman–Crippen MR) is 41.8 cm³/mol. The van der Waals surface area contributed by atoms with E-state index in [2.05, 4.69) is 16.6 Å². The van der Waals surface area contributed by atoms with Crippen LogP contribution in [0, 0.1) is 0 Å². The Labute approximate surface area is 64.5 Å². The molecule has 0 amide bonds. The van der Waals surface area contributed by atoms with Crippen molar-refractivity contribution < 1.29 is 4.42 Å². The molecule has 1 aliphatic rings. The summed E-state index contributed by atoms with van der Waals surface area (Å²) in [7, 11) is 1.74. The molecule has 0 aromatic carbocycles. The minimum absolute atomic E-state index is 0.752. The number of allylic oxidation sites excluding steroid dienone is 1. The second-order valence-electron chi connectivity index (χ2n) is 2.48. The van der Waals surface area contributed by atoms with E-state index >= 15 is 0 Å². The van der Waals surface area contributed by atoms with Gasteiger partial charge in [0.1, 0.15) is 11.5 Å². The largest absolute Gasteiger partial charge is 0.447 e. The average Bonchev–Trinajstić information content (AvgIpc) is 2.46. The number of hydrogen-bond acceptors (Lipinski definition) is 3. The fourth-order valence-corrected chi connectivity index (χ4v) is 1.30. The normalized spacial score (nSPS) is 19.4. The number of nitrogens with zero attached hydrogens (tertiary/aromatic N) is 2. The lowest BCUT2D eigenvalue weighted by atomic mass is 10.2. The van der Waals surface area contributed by atoms with Crippen LogP contribution in [0.4, 0.5) is 0 Å². The van der Waals surface area contributed by atoms with Gasteiger partial charge in [-0.05, 0) is 5.57 Å². The highest BCUT2D eigenvalue weighted by molar-refractivity contribution is 6.14. The number of aliphatic imine (C=N–C) groups is 1. The molecular weight excluding hydrogens is 140 g/mol. The Morgan fingerprint density at radius 3 is 3.27 bits per heavy atom. The zero-order chi connectivity index (χ0) is 7.84. The van der Waals surface area contributed by atoms with Crippen molar-refractivity contribution in [1.82, 2.24) is 4.98 Å². The summed E-state index contributed by atoms with van der Waals surface area (Å²) in [4.78, 5) is 8.12. The van der Waals surface area contributed by atoms with Crippen LogP contribution in [-0.4, -0.2) is 17.7 Å². The van der Waals surface area contributed by atoms with Crippen molar-refractivity contribution in [2.24, 2.45) is 4.99 Å². The zero-order valence-electron chi connectivity index (χ0n) is 6.29. The number of oxazole rings is 1. The summed E-state index contributed by atoms with van der Waals surface area (Å²) in [5, 5.41) is 0. The molecule has 0 saturated heterocycles. The van der Waals surface area contributed by atoms with Crippen LogP contribution in [0.3, 0.4) is 0 Å². The summed E-state index contributed by atoms with van der Waals surface area (Å²) in [6.45, 7) is 3.86. The molecule has 3 nitrogen and oxygen atoms in total. The molecular formula is C8H8N2O. The van der Waals surface area contributed by atoms with Gasteiger partial charge in [-0.25, -0.2) is 4.98 Å². The maximum atomic E-state index is 5.13. The van der Waals surface area contributed by atoms with Gasteiger partial charge in [-0.2, -0.15) is 0 Å². The van der Waals surface area contributed by atoms with Crippen molar-refractivity contribution in [2.45, 2.75) is 6.42 Å². The molecule has 0 atom stereocenters. The molecule has 0 aliphatic heterocycles. The number of hydrogen-bond donors (Lipinski definition) is 0. The van der Waals surface area contributed by atoms with Gasteiger partial charge in [0.05, 0.1) is 5.71 Å². The number of aromatic nitrogens is 1. The van der Waals surface area contributed by atoms with E-state index in [4.69, 9.17) is 4.42 Å². The van der Waals surface area contributed by atoms with E-state index in [0.29, 0.717) is 0 Å². The fourth-order valence-electron chi connectivity index (χ4n) is 1.30. The Balaban J connectivity index is 2.60. The summed E-state index contributed by atoms with van der Waals surface area (Å²) in [6, 6.07) is 0. The van der Waals surface area contributed by atoms with E-state index in [9.17, 15) is 0 Å². The first-order chi connectivity index (χ1) is 5.33. The van der Waals surface area contributed by atoms with Crippen LogP contribution in [0.15, 0.2) is 28.0 Å². The van der Waals surface area contributed by atoms with E-state index in [1.54, 1.807) is 7.05 Å². The quantitative estimate of drug-likeness (QED) is 0.554. The monoisotopic (exact) mass is 148 g/mol. The smallest absolute Gasteiger partial charge is 0.181 e. The van der Waals surface area contributed by atoms with E-state index in [0.717, 1.165) is 29.2 Å². The summed E-state index contributed by atoms with van der Waals surface area (Å²) in [5.41, 5.74) is 2.74. The maximum absolute atomic E-state index is 5.13. The Hall–Kier alpha value is -1.38. The maximum Gasteiger partial charge on any atom is 0.181 e. The predicted octanol–water partition coefficient (Wildman–Crippen LogP) is 1.21. The molecule has 11 heavy (non-hydrogen) atoms. The molecule has 0 saturated carbocycles. The highest BCUT2D eigenvalue weighted by atomic mass is 16.3. The van der Waals surface area contributed by atoms with Gasteiger partial charge in [0, 0.05) is 13.5 Å². The van der Waals surface area contributed by atoms with Crippen molar-refractivity contribution in [3.8, 4) is 0 Å². The third-order valence-corrected chi connectivity index (χ3v) is 1.80. The zero-order valence-corrected chi connectivity index (χ0v) is 6.29. The molecule has 0 unspecified atom stereocenters. The average molecular weight is 148 g/mol. The lowest BCUT2D eigenvalue weighted by Crippen LogP contribution is -1.97. The van der Waals surface area contributed by atoms with Gasteiger partial charge >= 0.3 is 0 Å². The summed E-state index contributed by atoms with van der Waals surface area (Å²) >= 11 is 0. The van der Waals surface area contributed by atoms with Gasteiger partial charge in [-0.3, -0.25) is 4.99 Å². The van der Waals surface area contributed by atoms with Crippen LogP contribution in [0.1, 0.15) is 11.5 Å². The number of fused-ring (bicyclic) bond motifs is 1. The molecule has 56 valence electrons. The van der Waals surface area contributed by atoms with Crippen LogP contribution in [0.25, 0.3) is 0 Å². The van der Waals surface area contributed by atoms with Crippen molar-refractivity contribution in [3.05, 3.63) is 30.0 Å². The molecule has 0 bridgehead atoms. The topological polar surface area (TPSA) is 38.4 Å². The molecule has 0 spiro atoms. The molecule has 0 radical (unpaired) electrons. The second kappa shape index (κ2) is 2.05. The van der Waals surface area contributed by atoms with Crippen LogP contribution >= 0.6 is 0 Å². The van der Waals surface area contributed by atoms with Crippen molar-refractivity contribution in [2.75, 3.05) is 7.05 Å². The van der Waals surface area contributed by atoms with Gasteiger partial charge < -0.3 is 4.42 Å². The Morgan fingerprint density at radius 2 is 2.55 bits per heavy atom. The molecule has 1 aromatic rings. The van der Waals surface area contributed by atoms with E-state index in [1.165, 1.54) is 6.39 Å². The minimum Gasteiger partial charge on any atom is -0.447 e. The van der Waals surface area contributed by atoms with E-state index in [-0.39, 0.29) is 0 Å². The van der Waals surface area contributed by atoms with Crippen LogP contribution in [0.5, 0.6) is 0 Å². The Bertz CT molecular complexity index is 336. The molecule has 1 heterocycles. The van der Waals surface area contributed by atoms with Crippen molar-refractivity contribution in [1.29, 1.82) is 0 Å². The highest BCUT2D eigenvalue weighted by Crippen LogP contribution is 2.23. The lowest BCUT2D eigenvalue weighted by molar-refractivity contribution is 0.517. The van der Waals surface area contributed by atoms with Gasteiger partial charge in [-0.1, -0.05) is 6.58 Å². The molecule has 3 heteroatoms. The standard InChI is InChI=1S/C8H8N2O/c1-5-3-6-8(7(5)9-2)10-4-11-6/h4H,1,3H2,2H3. The second-order valence-corrected chi connectivity index (χ2v) is 2.48. The van der Waals surface area contributed by atoms with Crippen LogP contribution < -0.4 is 0 Å². The fraction of sp³-hybridized carbons (Fsp3) is 0.250. The first-order valence-electron chi connectivity index (χ1n) is 3.40. The van der Waals surface area contributed by atoms with E-state index in [1.807, 2.05) is 0 Å². The summed E-state index contributed by atoms with van der Waals surface area (Å²) < 4.78 is 5.13. The van der Waals surface area contributed by atoms with Gasteiger partial charge in [0.25, 0.3) is 0 Å². The van der Waals surface area contributed by atoms with Crippen LogP contribution in [-0.2, 0) is 6.42 Å². The van der Waals surface area contributed by atoms with Crippen molar-refractivity contribution >= 4 is 5.71 Å². The SMILES string of the molecule is C=C1Cc2ocnc2C1=NC. The third kappa shape index (κ3) is 0.738. The summed E-state index contributed by atoms with van der Waals surface area (Å²) in [6.07, 6.45) is 2.20. The molecule has 1 aliphatic carbocycles. The Kier molecular flexibility index (Phi) is 1.18. The minimum atomic E-state index is 0.752. The lowest BCUT2D eigenvalue weighted by Gasteiger charge is -1.91.